The van der Waals surface area contributed by atoms with Gasteiger partial charge in [-0.05, 0) is 0 Å². The highest BCUT2D eigenvalue weighted by Gasteiger charge is 2.17. The summed E-state index contributed by atoms with van der Waals surface area (Å²) in [5, 5.41) is 6.26. The molecule has 4 aromatic rings. The molecule has 0 aromatic heterocycles. The Morgan fingerprint density at radius 3 is 0.870 bits per heavy atom. The molecule has 54 heavy (non-hydrogen) atoms. The summed E-state index contributed by atoms with van der Waals surface area (Å²) >= 11 is 32.4. The zero-order valence-electron chi connectivity index (χ0n) is 30.0. The second-order valence-corrected chi connectivity index (χ2v) is 13.9. The smallest absolute Gasteiger partial charge is 0.248 e. The van der Waals surface area contributed by atoms with Crippen LogP contribution in [0.2, 0.25) is 0 Å². The molecule has 4 N–H and O–H groups in total. The molecule has 10 nitrogen and oxygen atoms in total. The van der Waals surface area contributed by atoms with Crippen LogP contribution in [-0.2, 0) is 9.59 Å². The van der Waals surface area contributed by atoms with E-state index in [9.17, 15) is 9.59 Å². The summed E-state index contributed by atoms with van der Waals surface area (Å²) in [5.41, 5.74) is 14.8. The predicted molar refractivity (Wildman–Crippen MR) is 249 cm³/mol. The van der Waals surface area contributed by atoms with Gasteiger partial charge < -0.3 is 0 Å². The standard InChI is InChI=1S/C19H20N4O2S2.C19H20N4S4.4H2/c2*1-22(18(26)14-9-5-3-6-10-14)20-16(24)13-17(25)21-23(2)19(27)15-11-7-4-8-12-15;;;;/h2*3-12H,13H2,1-2H3,(H,20,24)(H,21,25);4*1H. The fourth-order valence-electron chi connectivity index (χ4n) is 4.50. The monoisotopic (exact) mass is 840 g/mol. The van der Waals surface area contributed by atoms with E-state index in [1.165, 1.54) is 10.0 Å². The van der Waals surface area contributed by atoms with Gasteiger partial charge in [0.2, 0.25) is 11.8 Å². The van der Waals surface area contributed by atoms with Crippen LogP contribution in [0.25, 0.3) is 0 Å². The van der Waals surface area contributed by atoms with Crippen molar-refractivity contribution in [2.75, 3.05) is 28.2 Å². The van der Waals surface area contributed by atoms with Crippen LogP contribution >= 0.6 is 73.3 Å². The first-order valence-corrected chi connectivity index (χ1v) is 18.7. The maximum absolute atomic E-state index is 12.1. The number of benzene rings is 4. The van der Waals surface area contributed by atoms with Gasteiger partial charge in [-0.2, -0.15) is 0 Å². The number of carbonyl (C=O) groups excluding carboxylic acids is 2. The second kappa shape index (κ2) is 22.4. The topological polar surface area (TPSA) is 95.2 Å². The first-order valence-electron chi connectivity index (χ1n) is 16.3. The number of rotatable bonds is 8. The number of nitrogens with one attached hydrogen (secondary N) is 4. The molecule has 0 saturated carbocycles. The van der Waals surface area contributed by atoms with E-state index in [1.54, 1.807) is 24.1 Å². The van der Waals surface area contributed by atoms with Crippen LogP contribution in [0.3, 0.4) is 0 Å². The molecule has 0 saturated heterocycles. The molecule has 4 rings (SSSR count). The van der Waals surface area contributed by atoms with E-state index in [2.05, 4.69) is 21.7 Å². The summed E-state index contributed by atoms with van der Waals surface area (Å²) in [6, 6.07) is 38.1. The SMILES string of the molecule is CN(NC(=O)CC(=O)NN(C)C(=S)c1ccccc1)C(=S)c1ccccc1.CN(NC(=S)CC(=S)NN(C)C(=S)c1ccccc1)C(=S)c1ccccc1.[HH].[HH].[HH].[HH]. The molecule has 16 heteroatoms. The Balaban J connectivity index is 0. The zero-order chi connectivity index (χ0) is 39.6. The molecule has 0 atom stereocenters. The maximum atomic E-state index is 12.1. The number of hydrogen-bond donors (Lipinski definition) is 4. The molecule has 0 aliphatic heterocycles. The molecule has 288 valence electrons. The summed E-state index contributed by atoms with van der Waals surface area (Å²) in [6.45, 7) is 0. The van der Waals surface area contributed by atoms with Crippen molar-refractivity contribution in [3.63, 3.8) is 0 Å². The highest BCUT2D eigenvalue weighted by Crippen LogP contribution is 2.07. The molecule has 0 fully saturated rings. The Bertz CT molecular complexity index is 1680. The Morgan fingerprint density at radius 1 is 0.407 bits per heavy atom. The number of hydrazine groups is 4. The largest absolute Gasteiger partial charge is 0.291 e. The Hall–Kier alpha value is -4.84. The highest BCUT2D eigenvalue weighted by atomic mass is 32.1. The quantitative estimate of drug-likeness (QED) is 0.0863. The minimum absolute atomic E-state index is 0. The molecule has 0 spiro atoms. The van der Waals surface area contributed by atoms with E-state index < -0.39 is 11.8 Å². The fourth-order valence-corrected chi connectivity index (χ4v) is 5.88. The van der Waals surface area contributed by atoms with Crippen molar-refractivity contribution in [1.29, 1.82) is 0 Å². The average Bonchev–Trinajstić information content (AvgIpc) is 3.17. The zero-order valence-corrected chi connectivity index (χ0v) is 34.9. The molecular weight excluding hydrogens is 793 g/mol. The first kappa shape index (κ1) is 43.6. The lowest BCUT2D eigenvalue weighted by molar-refractivity contribution is -0.132. The van der Waals surface area contributed by atoms with Gasteiger partial charge in [-0.1, -0.05) is 195 Å². The summed E-state index contributed by atoms with van der Waals surface area (Å²) in [4.78, 5) is 27.5. The number of thiocarbonyl (C=S) groups is 6. The number of hydrogen-bond acceptors (Lipinski definition) is 8. The van der Waals surface area contributed by atoms with Crippen molar-refractivity contribution in [1.82, 2.24) is 41.7 Å². The van der Waals surface area contributed by atoms with Gasteiger partial charge >= 0.3 is 0 Å². The van der Waals surface area contributed by atoms with Crippen molar-refractivity contribution in [3.05, 3.63) is 144 Å². The summed E-state index contributed by atoms with van der Waals surface area (Å²) in [7, 11) is 6.91. The van der Waals surface area contributed by atoms with Crippen LogP contribution in [0.15, 0.2) is 121 Å². The van der Waals surface area contributed by atoms with Gasteiger partial charge in [0.15, 0.2) is 0 Å². The second-order valence-electron chi connectivity index (χ2n) is 11.4. The van der Waals surface area contributed by atoms with Gasteiger partial charge in [0, 0.05) is 56.2 Å². The van der Waals surface area contributed by atoms with Crippen LogP contribution in [0.4, 0.5) is 0 Å². The van der Waals surface area contributed by atoms with Crippen LogP contribution in [0, 0.1) is 0 Å². The van der Waals surface area contributed by atoms with E-state index in [4.69, 9.17) is 73.3 Å². The molecule has 0 aliphatic carbocycles. The average molecular weight is 841 g/mol. The molecule has 0 bridgehead atoms. The molecular formula is C38H48N8O2S6. The van der Waals surface area contributed by atoms with E-state index in [0.717, 1.165) is 22.3 Å². The van der Waals surface area contributed by atoms with Gasteiger partial charge in [-0.3, -0.25) is 51.3 Å². The van der Waals surface area contributed by atoms with Gasteiger partial charge in [-0.15, -0.1) is 0 Å². The number of carbonyl (C=O) groups is 2. The minimum atomic E-state index is -0.479. The first-order chi connectivity index (χ1) is 25.8. The molecule has 4 aromatic carbocycles. The molecule has 0 aliphatic rings. The van der Waals surface area contributed by atoms with Crippen molar-refractivity contribution in [2.45, 2.75) is 12.8 Å². The van der Waals surface area contributed by atoms with Gasteiger partial charge in [0.05, 0.1) is 6.42 Å². The lowest BCUT2D eigenvalue weighted by Crippen LogP contribution is -2.47. The van der Waals surface area contributed by atoms with Crippen LogP contribution in [0.5, 0.6) is 0 Å². The van der Waals surface area contributed by atoms with Crippen molar-refractivity contribution < 1.29 is 15.3 Å². The van der Waals surface area contributed by atoms with Crippen molar-refractivity contribution in [2.24, 2.45) is 0 Å². The third kappa shape index (κ3) is 14.5. The maximum Gasteiger partial charge on any atom is 0.248 e. The lowest BCUT2D eigenvalue weighted by atomic mass is 10.2. The minimum Gasteiger partial charge on any atom is -0.291 e. The predicted octanol–water partition coefficient (Wildman–Crippen LogP) is 6.69. The molecule has 0 radical (unpaired) electrons. The Morgan fingerprint density at radius 2 is 0.630 bits per heavy atom. The van der Waals surface area contributed by atoms with Gasteiger partial charge in [0.1, 0.15) is 36.4 Å². The van der Waals surface area contributed by atoms with Gasteiger partial charge in [0.25, 0.3) is 0 Å². The third-order valence-electron chi connectivity index (χ3n) is 7.11. The fraction of sp³-hybridized carbons (Fsp3) is 0.158. The van der Waals surface area contributed by atoms with Crippen molar-refractivity contribution >= 4 is 115 Å². The Labute approximate surface area is 354 Å². The van der Waals surface area contributed by atoms with E-state index in [0.29, 0.717) is 36.4 Å². The van der Waals surface area contributed by atoms with E-state index in [-0.39, 0.29) is 12.1 Å². The lowest BCUT2D eigenvalue weighted by Gasteiger charge is -2.25. The van der Waals surface area contributed by atoms with Gasteiger partial charge in [-0.25, -0.2) is 0 Å². The molecule has 0 unspecified atom stereocenters. The van der Waals surface area contributed by atoms with Crippen LogP contribution in [-0.4, -0.2) is 90.0 Å². The molecule has 0 heterocycles. The summed E-state index contributed by atoms with van der Waals surface area (Å²) in [5.74, 6) is -0.959. The summed E-state index contributed by atoms with van der Waals surface area (Å²) in [6.07, 6.45) is 0.0254. The Kier molecular flexibility index (Phi) is 18.1. The van der Waals surface area contributed by atoms with Crippen molar-refractivity contribution in [3.8, 4) is 0 Å². The van der Waals surface area contributed by atoms with Crippen LogP contribution in [0.1, 0.15) is 40.8 Å². The third-order valence-corrected chi connectivity index (χ3v) is 9.62. The van der Waals surface area contributed by atoms with E-state index in [1.807, 2.05) is 135 Å². The summed E-state index contributed by atoms with van der Waals surface area (Å²) < 4.78 is 0. The highest BCUT2D eigenvalue weighted by molar-refractivity contribution is 7.82. The normalized spacial score (nSPS) is 9.85. The number of amides is 2. The molecule has 2 amide bonds. The van der Waals surface area contributed by atoms with Crippen LogP contribution < -0.4 is 21.7 Å². The van der Waals surface area contributed by atoms with E-state index >= 15 is 0 Å². The number of nitrogens with zero attached hydrogens (tertiary/aromatic N) is 4.